The minimum atomic E-state index is 0.521. The summed E-state index contributed by atoms with van der Waals surface area (Å²) in [6.45, 7) is 6.48. The molecule has 0 amide bonds. The third kappa shape index (κ3) is 2.19. The van der Waals surface area contributed by atoms with Crippen LogP contribution >= 0.6 is 0 Å². The minimum Gasteiger partial charge on any atom is -0.304 e. The van der Waals surface area contributed by atoms with Crippen molar-refractivity contribution in [3.8, 4) is 0 Å². The van der Waals surface area contributed by atoms with Gasteiger partial charge >= 0.3 is 0 Å². The van der Waals surface area contributed by atoms with Crippen molar-refractivity contribution in [2.45, 2.75) is 32.9 Å². The molecule has 0 bridgehead atoms. The fourth-order valence-electron chi connectivity index (χ4n) is 1.41. The summed E-state index contributed by atoms with van der Waals surface area (Å²) >= 11 is 0. The fourth-order valence-corrected chi connectivity index (χ4v) is 1.41. The van der Waals surface area contributed by atoms with Gasteiger partial charge in [-0.15, -0.1) is 0 Å². The Morgan fingerprint density at radius 1 is 1.27 bits per heavy atom. The van der Waals surface area contributed by atoms with Gasteiger partial charge in [-0.1, -0.05) is 31.2 Å². The maximum atomic E-state index is 3.49. The maximum Gasteiger partial charge on any atom is 0.0315 e. The van der Waals surface area contributed by atoms with Crippen molar-refractivity contribution < 1.29 is 0 Å². The number of rotatable bonds is 1. The summed E-state index contributed by atoms with van der Waals surface area (Å²) in [5, 5.41) is 3.49. The van der Waals surface area contributed by atoms with Crippen LogP contribution < -0.4 is 5.32 Å². The summed E-state index contributed by atoms with van der Waals surface area (Å²) < 4.78 is 0. The number of allylic oxidation sites excluding steroid dienone is 1. The molecule has 0 radical (unpaired) electrons. The lowest BCUT2D eigenvalue weighted by Crippen LogP contribution is -2.41. The molecule has 0 spiro atoms. The molecule has 0 aliphatic carbocycles. The molecule has 11 heavy (non-hydrogen) atoms. The minimum absolute atomic E-state index is 0.521. The second kappa shape index (κ2) is 3.72. The van der Waals surface area contributed by atoms with Gasteiger partial charge in [-0.05, 0) is 19.8 Å². The first kappa shape index (κ1) is 8.54. The summed E-state index contributed by atoms with van der Waals surface area (Å²) in [7, 11) is 0. The van der Waals surface area contributed by atoms with E-state index in [4.69, 9.17) is 0 Å². The van der Waals surface area contributed by atoms with E-state index in [0.29, 0.717) is 18.0 Å². The van der Waals surface area contributed by atoms with E-state index in [1.165, 1.54) is 0 Å². The van der Waals surface area contributed by atoms with E-state index in [2.05, 4.69) is 50.4 Å². The number of hydrogen-bond donors (Lipinski definition) is 1. The molecule has 1 nitrogen and oxygen atoms in total. The van der Waals surface area contributed by atoms with Crippen molar-refractivity contribution >= 4 is 0 Å². The van der Waals surface area contributed by atoms with Gasteiger partial charge in [0.15, 0.2) is 0 Å². The lowest BCUT2D eigenvalue weighted by Gasteiger charge is -2.27. The van der Waals surface area contributed by atoms with Gasteiger partial charge in [-0.25, -0.2) is 0 Å². The molecule has 1 heteroatoms. The molecule has 1 aliphatic rings. The van der Waals surface area contributed by atoms with E-state index in [1.807, 2.05) is 0 Å². The normalized spacial score (nSPS) is 38.3. The van der Waals surface area contributed by atoms with E-state index in [0.717, 1.165) is 0 Å². The molecule has 0 saturated carbocycles. The molecule has 0 fully saturated rings. The van der Waals surface area contributed by atoms with Crippen molar-refractivity contribution in [1.82, 2.24) is 5.32 Å². The molecule has 0 aromatic heterocycles. The Balaban J connectivity index is 2.60. The molecule has 1 aliphatic heterocycles. The third-order valence-corrected chi connectivity index (χ3v) is 2.12. The van der Waals surface area contributed by atoms with Gasteiger partial charge in [0.05, 0.1) is 0 Å². The lowest BCUT2D eigenvalue weighted by atomic mass is 9.96. The first-order valence-corrected chi connectivity index (χ1v) is 4.31. The van der Waals surface area contributed by atoms with Crippen LogP contribution in [-0.4, -0.2) is 12.1 Å². The molecular formula is C10H17N. The van der Waals surface area contributed by atoms with Crippen LogP contribution in [0.2, 0.25) is 0 Å². The zero-order valence-electron chi connectivity index (χ0n) is 7.54. The molecule has 1 rings (SSSR count). The van der Waals surface area contributed by atoms with Gasteiger partial charge in [0.1, 0.15) is 0 Å². The van der Waals surface area contributed by atoms with Gasteiger partial charge in [0, 0.05) is 12.1 Å². The van der Waals surface area contributed by atoms with Gasteiger partial charge < -0.3 is 5.32 Å². The highest BCUT2D eigenvalue weighted by molar-refractivity contribution is 5.09. The second-order valence-electron chi connectivity index (χ2n) is 3.25. The smallest absolute Gasteiger partial charge is 0.0315 e. The zero-order valence-corrected chi connectivity index (χ0v) is 7.54. The molecule has 0 aromatic rings. The summed E-state index contributed by atoms with van der Waals surface area (Å²) in [6.07, 6.45) is 8.85. The van der Waals surface area contributed by atoms with E-state index in [1.54, 1.807) is 0 Å². The van der Waals surface area contributed by atoms with Crippen LogP contribution in [0.3, 0.4) is 0 Å². The number of nitrogens with one attached hydrogen (secondary N) is 1. The highest BCUT2D eigenvalue weighted by Gasteiger charge is 2.16. The van der Waals surface area contributed by atoms with Crippen LogP contribution in [0.25, 0.3) is 0 Å². The Labute approximate surface area is 69.2 Å². The van der Waals surface area contributed by atoms with Crippen molar-refractivity contribution in [3.05, 3.63) is 24.3 Å². The zero-order chi connectivity index (χ0) is 8.27. The lowest BCUT2D eigenvalue weighted by molar-refractivity contribution is 0.450. The Kier molecular flexibility index (Phi) is 2.89. The SMILES string of the molecule is C/C=C\C1NC(C)C=CC1C. The van der Waals surface area contributed by atoms with Gasteiger partial charge in [0.2, 0.25) is 0 Å². The second-order valence-corrected chi connectivity index (χ2v) is 3.25. The molecule has 62 valence electrons. The van der Waals surface area contributed by atoms with Gasteiger partial charge in [0.25, 0.3) is 0 Å². The number of hydrogen-bond acceptors (Lipinski definition) is 1. The highest BCUT2D eigenvalue weighted by atomic mass is 14.9. The van der Waals surface area contributed by atoms with Crippen molar-refractivity contribution in [3.63, 3.8) is 0 Å². The average molecular weight is 151 g/mol. The maximum absolute atomic E-state index is 3.49. The molecule has 0 saturated heterocycles. The van der Waals surface area contributed by atoms with E-state index < -0.39 is 0 Å². The van der Waals surface area contributed by atoms with Gasteiger partial charge in [-0.3, -0.25) is 0 Å². The van der Waals surface area contributed by atoms with Crippen molar-refractivity contribution in [2.24, 2.45) is 5.92 Å². The van der Waals surface area contributed by atoms with Crippen LogP contribution in [0.5, 0.6) is 0 Å². The summed E-state index contributed by atoms with van der Waals surface area (Å²) in [5.41, 5.74) is 0. The van der Waals surface area contributed by atoms with E-state index >= 15 is 0 Å². The van der Waals surface area contributed by atoms with Crippen LogP contribution in [0, 0.1) is 5.92 Å². The van der Waals surface area contributed by atoms with Crippen LogP contribution in [0.15, 0.2) is 24.3 Å². The Morgan fingerprint density at radius 3 is 2.64 bits per heavy atom. The molecular weight excluding hydrogens is 134 g/mol. The summed E-state index contributed by atoms with van der Waals surface area (Å²) in [4.78, 5) is 0. The van der Waals surface area contributed by atoms with Crippen LogP contribution in [0.1, 0.15) is 20.8 Å². The first-order valence-electron chi connectivity index (χ1n) is 4.31. The molecule has 3 atom stereocenters. The standard InChI is InChI=1S/C10H17N/c1-4-5-10-8(2)6-7-9(3)11-10/h4-11H,1-3H3/b5-4-. The predicted octanol–water partition coefficient (Wildman–Crippen LogP) is 2.12. The topological polar surface area (TPSA) is 12.0 Å². The van der Waals surface area contributed by atoms with Gasteiger partial charge in [-0.2, -0.15) is 0 Å². The largest absolute Gasteiger partial charge is 0.304 e. The summed E-state index contributed by atoms with van der Waals surface area (Å²) in [5.74, 6) is 0.627. The van der Waals surface area contributed by atoms with Crippen molar-refractivity contribution in [1.29, 1.82) is 0 Å². The van der Waals surface area contributed by atoms with E-state index in [9.17, 15) is 0 Å². The molecule has 1 N–H and O–H groups in total. The van der Waals surface area contributed by atoms with Crippen LogP contribution in [-0.2, 0) is 0 Å². The Morgan fingerprint density at radius 2 is 2.00 bits per heavy atom. The predicted molar refractivity (Wildman–Crippen MR) is 49.5 cm³/mol. The van der Waals surface area contributed by atoms with Crippen LogP contribution in [0.4, 0.5) is 0 Å². The highest BCUT2D eigenvalue weighted by Crippen LogP contribution is 2.12. The quantitative estimate of drug-likeness (QED) is 0.566. The molecule has 0 aromatic carbocycles. The fraction of sp³-hybridized carbons (Fsp3) is 0.600. The third-order valence-electron chi connectivity index (χ3n) is 2.12. The van der Waals surface area contributed by atoms with Crippen molar-refractivity contribution in [2.75, 3.05) is 0 Å². The summed E-state index contributed by atoms with van der Waals surface area (Å²) in [6, 6.07) is 1.05. The monoisotopic (exact) mass is 151 g/mol. The first-order chi connectivity index (χ1) is 5.24. The Bertz CT molecular complexity index is 170. The molecule has 1 heterocycles. The average Bonchev–Trinajstić information content (AvgIpc) is 1.98. The Hall–Kier alpha value is -0.560. The van der Waals surface area contributed by atoms with E-state index in [-0.39, 0.29) is 0 Å². The molecule has 3 unspecified atom stereocenters.